The van der Waals surface area contributed by atoms with Crippen LogP contribution in [0.3, 0.4) is 0 Å². The quantitative estimate of drug-likeness (QED) is 0.850. The fourth-order valence-corrected chi connectivity index (χ4v) is 3.08. The van der Waals surface area contributed by atoms with Crippen molar-refractivity contribution in [2.24, 2.45) is 0 Å². The van der Waals surface area contributed by atoms with E-state index in [1.54, 1.807) is 0 Å². The van der Waals surface area contributed by atoms with Gasteiger partial charge in [0.2, 0.25) is 0 Å². The fourth-order valence-electron chi connectivity index (χ4n) is 2.91. The zero-order valence-electron chi connectivity index (χ0n) is 12.9. The van der Waals surface area contributed by atoms with E-state index in [-0.39, 0.29) is 0 Å². The van der Waals surface area contributed by atoms with E-state index < -0.39 is 6.55 Å². The third kappa shape index (κ3) is 3.64. The summed E-state index contributed by atoms with van der Waals surface area (Å²) in [6.45, 7) is 3.27. The molecule has 0 spiro atoms. The first-order valence-electron chi connectivity index (χ1n) is 7.58. The second-order valence-corrected chi connectivity index (χ2v) is 6.16. The zero-order valence-corrected chi connectivity index (χ0v) is 13.7. The molecule has 2 aromatic rings. The molecule has 1 aliphatic rings. The van der Waals surface area contributed by atoms with E-state index in [9.17, 15) is 8.78 Å². The molecule has 2 heterocycles. The lowest BCUT2D eigenvalue weighted by molar-refractivity contribution is 0.0637. The average molecular weight is 341 g/mol. The van der Waals surface area contributed by atoms with Crippen molar-refractivity contribution < 1.29 is 8.78 Å². The van der Waals surface area contributed by atoms with Crippen molar-refractivity contribution >= 4 is 17.3 Å². The molecule has 0 saturated carbocycles. The number of halogens is 3. The van der Waals surface area contributed by atoms with E-state index in [1.165, 1.54) is 18.0 Å². The predicted octanol–water partition coefficient (Wildman–Crippen LogP) is 3.56. The van der Waals surface area contributed by atoms with Gasteiger partial charge in [0.1, 0.15) is 5.82 Å². The summed E-state index contributed by atoms with van der Waals surface area (Å²) < 4.78 is 26.7. The maximum Gasteiger partial charge on any atom is 0.319 e. The number of benzene rings is 1. The van der Waals surface area contributed by atoms with Crippen molar-refractivity contribution in [2.45, 2.75) is 20.0 Å². The Labute approximate surface area is 139 Å². The van der Waals surface area contributed by atoms with E-state index in [1.807, 2.05) is 18.2 Å². The van der Waals surface area contributed by atoms with E-state index in [4.69, 9.17) is 11.6 Å². The summed E-state index contributed by atoms with van der Waals surface area (Å²) in [4.78, 5) is 8.48. The maximum atomic E-state index is 12.9. The van der Waals surface area contributed by atoms with E-state index in [0.29, 0.717) is 12.4 Å². The SMILES string of the molecule is Cc1ccc(Cl)cc1N1CCN(Cc2nccn2C(F)F)CC1. The van der Waals surface area contributed by atoms with Gasteiger partial charge in [-0.15, -0.1) is 0 Å². The number of imidazole rings is 1. The van der Waals surface area contributed by atoms with Crippen LogP contribution < -0.4 is 4.90 Å². The third-order valence-corrected chi connectivity index (χ3v) is 4.44. The molecule has 1 fully saturated rings. The standard InChI is InChI=1S/C16H19ClF2N4/c1-12-2-3-13(17)10-14(12)22-8-6-21(7-9-22)11-15-20-4-5-23(15)16(18)19/h2-5,10,16H,6-9,11H2,1H3. The Morgan fingerprint density at radius 2 is 1.96 bits per heavy atom. The summed E-state index contributed by atoms with van der Waals surface area (Å²) in [6.07, 6.45) is 2.75. The van der Waals surface area contributed by atoms with Gasteiger partial charge in [-0.1, -0.05) is 17.7 Å². The Hall–Kier alpha value is -1.66. The topological polar surface area (TPSA) is 24.3 Å². The predicted molar refractivity (Wildman–Crippen MR) is 87.2 cm³/mol. The molecule has 4 nitrogen and oxygen atoms in total. The summed E-state index contributed by atoms with van der Waals surface area (Å²) in [6, 6.07) is 5.89. The molecule has 124 valence electrons. The van der Waals surface area contributed by atoms with Gasteiger partial charge in [0.15, 0.2) is 0 Å². The minimum absolute atomic E-state index is 0.410. The molecule has 0 unspecified atom stereocenters. The molecule has 0 aliphatic carbocycles. The van der Waals surface area contributed by atoms with Crippen LogP contribution in [0.2, 0.25) is 5.02 Å². The van der Waals surface area contributed by atoms with Crippen molar-refractivity contribution in [1.29, 1.82) is 0 Å². The number of hydrogen-bond donors (Lipinski definition) is 0. The van der Waals surface area contributed by atoms with Crippen LogP contribution >= 0.6 is 11.6 Å². The summed E-state index contributed by atoms with van der Waals surface area (Å²) in [5, 5.41) is 0.729. The Morgan fingerprint density at radius 3 is 2.65 bits per heavy atom. The van der Waals surface area contributed by atoms with Gasteiger partial charge < -0.3 is 4.90 Å². The highest BCUT2D eigenvalue weighted by Crippen LogP contribution is 2.25. The lowest BCUT2D eigenvalue weighted by atomic mass is 10.1. The zero-order chi connectivity index (χ0) is 16.4. The Bertz CT molecular complexity index is 666. The van der Waals surface area contributed by atoms with Gasteiger partial charge in [-0.2, -0.15) is 8.78 Å². The highest BCUT2D eigenvalue weighted by molar-refractivity contribution is 6.30. The maximum absolute atomic E-state index is 12.9. The third-order valence-electron chi connectivity index (χ3n) is 4.21. The van der Waals surface area contributed by atoms with Crippen LogP contribution in [0, 0.1) is 6.92 Å². The Balaban J connectivity index is 1.62. The lowest BCUT2D eigenvalue weighted by Gasteiger charge is -2.36. The number of aromatic nitrogens is 2. The minimum atomic E-state index is -2.54. The average Bonchev–Trinajstić information content (AvgIpc) is 2.99. The molecule has 0 amide bonds. The van der Waals surface area contributed by atoms with E-state index in [2.05, 4.69) is 21.7 Å². The number of anilines is 1. The first kappa shape index (κ1) is 16.2. The summed E-state index contributed by atoms with van der Waals surface area (Å²) in [7, 11) is 0. The largest absolute Gasteiger partial charge is 0.369 e. The number of nitrogens with zero attached hydrogens (tertiary/aromatic N) is 4. The molecule has 23 heavy (non-hydrogen) atoms. The van der Waals surface area contributed by atoms with Gasteiger partial charge in [-0.05, 0) is 24.6 Å². The molecule has 1 saturated heterocycles. The summed E-state index contributed by atoms with van der Waals surface area (Å²) >= 11 is 6.09. The van der Waals surface area contributed by atoms with Crippen molar-refractivity contribution in [3.8, 4) is 0 Å². The lowest BCUT2D eigenvalue weighted by Crippen LogP contribution is -2.46. The molecular weight excluding hydrogens is 322 g/mol. The van der Waals surface area contributed by atoms with Crippen molar-refractivity contribution in [3.63, 3.8) is 0 Å². The van der Waals surface area contributed by atoms with Gasteiger partial charge >= 0.3 is 6.55 Å². The van der Waals surface area contributed by atoms with Gasteiger partial charge in [-0.25, -0.2) is 4.98 Å². The van der Waals surface area contributed by atoms with Crippen LogP contribution in [-0.2, 0) is 6.54 Å². The molecule has 1 aromatic carbocycles. The number of aryl methyl sites for hydroxylation is 1. The molecular formula is C16H19ClF2N4. The van der Waals surface area contributed by atoms with E-state index >= 15 is 0 Å². The highest BCUT2D eigenvalue weighted by atomic mass is 35.5. The van der Waals surface area contributed by atoms with Crippen molar-refractivity contribution in [1.82, 2.24) is 14.5 Å². The molecule has 1 aromatic heterocycles. The molecule has 0 atom stereocenters. The highest BCUT2D eigenvalue weighted by Gasteiger charge is 2.21. The number of piperazine rings is 1. The smallest absolute Gasteiger partial charge is 0.319 e. The first-order chi connectivity index (χ1) is 11.0. The van der Waals surface area contributed by atoms with E-state index in [0.717, 1.165) is 41.5 Å². The Morgan fingerprint density at radius 1 is 1.22 bits per heavy atom. The molecule has 0 bridgehead atoms. The Kier molecular flexibility index (Phi) is 4.82. The summed E-state index contributed by atoms with van der Waals surface area (Å²) in [5.41, 5.74) is 2.34. The second kappa shape index (κ2) is 6.84. The normalized spacial score (nSPS) is 16.3. The minimum Gasteiger partial charge on any atom is -0.369 e. The molecule has 7 heteroatoms. The van der Waals surface area contributed by atoms with Crippen molar-refractivity contribution in [3.05, 3.63) is 47.0 Å². The number of rotatable bonds is 4. The molecule has 1 aliphatic heterocycles. The fraction of sp³-hybridized carbons (Fsp3) is 0.438. The van der Waals surface area contributed by atoms with Crippen LogP contribution in [0.25, 0.3) is 0 Å². The number of alkyl halides is 2. The number of hydrogen-bond acceptors (Lipinski definition) is 3. The van der Waals surface area contributed by atoms with Gasteiger partial charge in [0.25, 0.3) is 0 Å². The van der Waals surface area contributed by atoms with Crippen LogP contribution in [0.1, 0.15) is 17.9 Å². The van der Waals surface area contributed by atoms with Crippen LogP contribution in [0.15, 0.2) is 30.6 Å². The molecule has 0 N–H and O–H groups in total. The summed E-state index contributed by atoms with van der Waals surface area (Å²) in [5.74, 6) is 0.410. The van der Waals surface area contributed by atoms with Gasteiger partial charge in [0.05, 0.1) is 6.54 Å². The van der Waals surface area contributed by atoms with Crippen LogP contribution in [-0.4, -0.2) is 40.6 Å². The second-order valence-electron chi connectivity index (χ2n) is 5.72. The monoisotopic (exact) mass is 340 g/mol. The first-order valence-corrected chi connectivity index (χ1v) is 7.95. The van der Waals surface area contributed by atoms with Crippen LogP contribution in [0.5, 0.6) is 0 Å². The van der Waals surface area contributed by atoms with Crippen LogP contribution in [0.4, 0.5) is 14.5 Å². The molecule has 3 rings (SSSR count). The van der Waals surface area contributed by atoms with Gasteiger partial charge in [-0.3, -0.25) is 9.47 Å². The molecule has 0 radical (unpaired) electrons. The van der Waals surface area contributed by atoms with Crippen molar-refractivity contribution in [2.75, 3.05) is 31.1 Å². The van der Waals surface area contributed by atoms with Gasteiger partial charge in [0, 0.05) is 49.3 Å².